The third-order valence-electron chi connectivity index (χ3n) is 2.22. The fraction of sp³-hybridized carbons (Fsp3) is 1.00. The minimum Gasteiger partial charge on any atom is -0.380 e. The number of halogens is 1. The Morgan fingerprint density at radius 1 is 1.54 bits per heavy atom. The highest BCUT2D eigenvalue weighted by Gasteiger charge is 2.18. The maximum Gasteiger partial charge on any atom is 0.0593 e. The molecule has 0 aromatic rings. The summed E-state index contributed by atoms with van der Waals surface area (Å²) in [4.78, 5) is 3.16. The fourth-order valence-electron chi connectivity index (χ4n) is 1.50. The zero-order valence-electron chi connectivity index (χ0n) is 8.63. The maximum absolute atomic E-state index is 5.54. The fourth-order valence-corrected chi connectivity index (χ4v) is 2.12. The highest BCUT2D eigenvalue weighted by atomic mass is 79.9. The van der Waals surface area contributed by atoms with Crippen molar-refractivity contribution < 1.29 is 4.74 Å². The molecule has 0 amide bonds. The number of hydrogen-bond acceptors (Lipinski definition) is 2. The Labute approximate surface area is 89.8 Å². The molecule has 1 saturated heterocycles. The van der Waals surface area contributed by atoms with Crippen molar-refractivity contribution >= 4 is 15.9 Å². The van der Waals surface area contributed by atoms with E-state index < -0.39 is 0 Å². The number of alkyl halides is 1. The van der Waals surface area contributed by atoms with Crippen LogP contribution in [0.1, 0.15) is 20.3 Å². The topological polar surface area (TPSA) is 12.5 Å². The van der Waals surface area contributed by atoms with Crippen LogP contribution in [0.4, 0.5) is 0 Å². The molecule has 1 heterocycles. The van der Waals surface area contributed by atoms with Gasteiger partial charge in [-0.2, -0.15) is 0 Å². The van der Waals surface area contributed by atoms with Crippen molar-refractivity contribution in [1.82, 2.24) is 4.90 Å². The molecule has 0 saturated carbocycles. The van der Waals surface area contributed by atoms with Gasteiger partial charge in [-0.3, -0.25) is 4.90 Å². The minimum atomic E-state index is 0.655. The molecule has 2 nitrogen and oxygen atoms in total. The van der Waals surface area contributed by atoms with E-state index in [1.54, 1.807) is 0 Å². The summed E-state index contributed by atoms with van der Waals surface area (Å²) in [6, 6.07) is 0. The van der Waals surface area contributed by atoms with Gasteiger partial charge in [0.1, 0.15) is 0 Å². The lowest BCUT2D eigenvalue weighted by Gasteiger charge is -2.15. The third-order valence-corrected chi connectivity index (χ3v) is 2.97. The van der Waals surface area contributed by atoms with Crippen LogP contribution in [-0.2, 0) is 4.74 Å². The molecule has 0 aliphatic carbocycles. The van der Waals surface area contributed by atoms with Gasteiger partial charge in [-0.05, 0) is 18.9 Å². The number of rotatable bonds is 5. The van der Waals surface area contributed by atoms with Gasteiger partial charge in [-0.1, -0.05) is 29.8 Å². The van der Waals surface area contributed by atoms with Gasteiger partial charge < -0.3 is 4.74 Å². The lowest BCUT2D eigenvalue weighted by Crippen LogP contribution is -2.25. The van der Waals surface area contributed by atoms with Crippen molar-refractivity contribution in [1.29, 1.82) is 0 Å². The van der Waals surface area contributed by atoms with E-state index in [1.165, 1.54) is 19.5 Å². The molecule has 13 heavy (non-hydrogen) atoms. The van der Waals surface area contributed by atoms with E-state index in [-0.39, 0.29) is 0 Å². The highest BCUT2D eigenvalue weighted by molar-refractivity contribution is 9.09. The molecule has 0 radical (unpaired) electrons. The quantitative estimate of drug-likeness (QED) is 0.547. The molecule has 78 valence electrons. The van der Waals surface area contributed by atoms with Gasteiger partial charge in [0.05, 0.1) is 6.61 Å². The van der Waals surface area contributed by atoms with Crippen LogP contribution in [0.2, 0.25) is 0 Å². The molecule has 1 aliphatic heterocycles. The van der Waals surface area contributed by atoms with Crippen LogP contribution in [0, 0.1) is 5.92 Å². The standard InChI is InChI=1S/C10H20BrNO/c1-9(2)8-13-6-5-12-4-3-10(11)7-12/h9-10H,3-8H2,1-2H3. The molecule has 1 aliphatic rings. The molecule has 0 spiro atoms. The van der Waals surface area contributed by atoms with E-state index >= 15 is 0 Å². The predicted octanol–water partition coefficient (Wildman–Crippen LogP) is 2.13. The molecule has 1 unspecified atom stereocenters. The Morgan fingerprint density at radius 3 is 2.85 bits per heavy atom. The van der Waals surface area contributed by atoms with Crippen molar-refractivity contribution in [2.45, 2.75) is 25.1 Å². The lowest BCUT2D eigenvalue weighted by molar-refractivity contribution is 0.0913. The first-order chi connectivity index (χ1) is 6.18. The maximum atomic E-state index is 5.54. The van der Waals surface area contributed by atoms with Gasteiger partial charge in [0.25, 0.3) is 0 Å². The smallest absolute Gasteiger partial charge is 0.0593 e. The average molecular weight is 250 g/mol. The third kappa shape index (κ3) is 4.99. The number of likely N-dealkylation sites (tertiary alicyclic amines) is 1. The van der Waals surface area contributed by atoms with Crippen LogP contribution in [0.15, 0.2) is 0 Å². The normalized spacial score (nSPS) is 24.5. The van der Waals surface area contributed by atoms with Crippen molar-refractivity contribution in [3.8, 4) is 0 Å². The first-order valence-corrected chi connectivity index (χ1v) is 6.04. The summed E-state index contributed by atoms with van der Waals surface area (Å²) >= 11 is 3.63. The summed E-state index contributed by atoms with van der Waals surface area (Å²) in [5.74, 6) is 0.655. The second-order valence-corrected chi connectivity index (χ2v) is 5.45. The molecule has 0 bridgehead atoms. The molecule has 1 atom stereocenters. The lowest BCUT2D eigenvalue weighted by atomic mass is 10.2. The Hall–Kier alpha value is 0.400. The SMILES string of the molecule is CC(C)COCCN1CCC(Br)C1. The second kappa shape index (κ2) is 5.99. The summed E-state index contributed by atoms with van der Waals surface area (Å²) < 4.78 is 5.54. The monoisotopic (exact) mass is 249 g/mol. The van der Waals surface area contributed by atoms with Crippen LogP contribution in [-0.4, -0.2) is 42.6 Å². The van der Waals surface area contributed by atoms with Crippen molar-refractivity contribution in [3.05, 3.63) is 0 Å². The molecular formula is C10H20BrNO. The van der Waals surface area contributed by atoms with Gasteiger partial charge in [0, 0.05) is 24.5 Å². The molecule has 3 heteroatoms. The van der Waals surface area contributed by atoms with E-state index in [9.17, 15) is 0 Å². The highest BCUT2D eigenvalue weighted by Crippen LogP contribution is 2.15. The Kier molecular flexibility index (Phi) is 5.29. The van der Waals surface area contributed by atoms with E-state index in [2.05, 4.69) is 34.7 Å². The van der Waals surface area contributed by atoms with Gasteiger partial charge in [-0.25, -0.2) is 0 Å². The van der Waals surface area contributed by atoms with Crippen molar-refractivity contribution in [3.63, 3.8) is 0 Å². The molecule has 0 aromatic heterocycles. The minimum absolute atomic E-state index is 0.655. The van der Waals surface area contributed by atoms with E-state index in [1.807, 2.05) is 0 Å². The Balaban J connectivity index is 1.94. The van der Waals surface area contributed by atoms with Gasteiger partial charge in [0.2, 0.25) is 0 Å². The van der Waals surface area contributed by atoms with Crippen LogP contribution in [0.5, 0.6) is 0 Å². The van der Waals surface area contributed by atoms with Gasteiger partial charge in [-0.15, -0.1) is 0 Å². The molecule has 1 fully saturated rings. The van der Waals surface area contributed by atoms with Gasteiger partial charge >= 0.3 is 0 Å². The van der Waals surface area contributed by atoms with Crippen LogP contribution in [0.3, 0.4) is 0 Å². The van der Waals surface area contributed by atoms with Crippen LogP contribution >= 0.6 is 15.9 Å². The van der Waals surface area contributed by atoms with E-state index in [4.69, 9.17) is 4.74 Å². The number of hydrogen-bond donors (Lipinski definition) is 0. The Morgan fingerprint density at radius 2 is 2.31 bits per heavy atom. The summed E-state index contributed by atoms with van der Waals surface area (Å²) in [6.07, 6.45) is 1.28. The second-order valence-electron chi connectivity index (χ2n) is 4.16. The van der Waals surface area contributed by atoms with Crippen LogP contribution < -0.4 is 0 Å². The summed E-state index contributed by atoms with van der Waals surface area (Å²) in [5.41, 5.74) is 0. The largest absolute Gasteiger partial charge is 0.380 e. The molecular weight excluding hydrogens is 230 g/mol. The zero-order valence-corrected chi connectivity index (χ0v) is 10.2. The molecule has 0 N–H and O–H groups in total. The molecule has 0 aromatic carbocycles. The summed E-state index contributed by atoms with van der Waals surface area (Å²) in [6.45, 7) is 9.65. The number of ether oxygens (including phenoxy) is 1. The van der Waals surface area contributed by atoms with Crippen molar-refractivity contribution in [2.75, 3.05) is 32.8 Å². The van der Waals surface area contributed by atoms with Gasteiger partial charge in [0.15, 0.2) is 0 Å². The first-order valence-electron chi connectivity index (χ1n) is 5.12. The van der Waals surface area contributed by atoms with Crippen LogP contribution in [0.25, 0.3) is 0 Å². The van der Waals surface area contributed by atoms with Crippen molar-refractivity contribution in [2.24, 2.45) is 5.92 Å². The predicted molar refractivity (Wildman–Crippen MR) is 59.4 cm³/mol. The first kappa shape index (κ1) is 11.5. The number of nitrogens with zero attached hydrogens (tertiary/aromatic N) is 1. The zero-order chi connectivity index (χ0) is 9.68. The average Bonchev–Trinajstić information content (AvgIpc) is 2.45. The van der Waals surface area contributed by atoms with E-state index in [0.29, 0.717) is 10.7 Å². The van der Waals surface area contributed by atoms with E-state index in [0.717, 1.165) is 19.8 Å². The Bertz CT molecular complexity index is 141. The molecule has 1 rings (SSSR count). The summed E-state index contributed by atoms with van der Waals surface area (Å²) in [7, 11) is 0. The summed E-state index contributed by atoms with van der Waals surface area (Å²) in [5, 5.41) is 0.